The second-order valence-electron chi connectivity index (χ2n) is 6.03. The van der Waals surface area contributed by atoms with Crippen LogP contribution in [0, 0.1) is 15.9 Å². The fraction of sp³-hybridized carbons (Fsp3) is 0.333. The number of rotatable bonds is 4. The third-order valence-electron chi connectivity index (χ3n) is 4.62. The molecule has 0 radical (unpaired) electrons. The van der Waals surface area contributed by atoms with Gasteiger partial charge in [-0.1, -0.05) is 18.2 Å². The zero-order chi connectivity index (χ0) is 17.1. The number of anilines is 1. The van der Waals surface area contributed by atoms with Gasteiger partial charge in [0.2, 0.25) is 0 Å². The molecule has 126 valence electrons. The molecule has 0 N–H and O–H groups in total. The van der Waals surface area contributed by atoms with Crippen molar-refractivity contribution in [1.29, 1.82) is 0 Å². The molecule has 2 aromatic rings. The van der Waals surface area contributed by atoms with Gasteiger partial charge in [0.1, 0.15) is 5.82 Å². The monoisotopic (exact) mass is 329 g/mol. The van der Waals surface area contributed by atoms with E-state index in [0.29, 0.717) is 0 Å². The van der Waals surface area contributed by atoms with Crippen molar-refractivity contribution in [3.8, 4) is 0 Å². The molecule has 0 bridgehead atoms. The first-order valence-corrected chi connectivity index (χ1v) is 8.03. The lowest BCUT2D eigenvalue weighted by Gasteiger charge is -2.39. The number of non-ortho nitro benzene ring substituents is 1. The molecule has 2 aromatic carbocycles. The maximum atomic E-state index is 13.1. The van der Waals surface area contributed by atoms with Gasteiger partial charge in [0, 0.05) is 50.0 Å². The van der Waals surface area contributed by atoms with Crippen LogP contribution in [0.2, 0.25) is 0 Å². The molecule has 1 atom stereocenters. The van der Waals surface area contributed by atoms with Crippen LogP contribution in [0.5, 0.6) is 0 Å². The van der Waals surface area contributed by atoms with E-state index in [9.17, 15) is 14.5 Å². The lowest BCUT2D eigenvalue weighted by atomic mass is 10.1. The van der Waals surface area contributed by atoms with Gasteiger partial charge in [-0.15, -0.1) is 0 Å². The largest absolute Gasteiger partial charge is 0.369 e. The van der Waals surface area contributed by atoms with E-state index in [1.54, 1.807) is 12.1 Å². The molecule has 1 saturated heterocycles. The summed E-state index contributed by atoms with van der Waals surface area (Å²) in [7, 11) is 0. The van der Waals surface area contributed by atoms with Gasteiger partial charge < -0.3 is 4.90 Å². The van der Waals surface area contributed by atoms with E-state index in [0.717, 1.165) is 37.4 Å². The number of nitro groups is 1. The van der Waals surface area contributed by atoms with Gasteiger partial charge >= 0.3 is 0 Å². The van der Waals surface area contributed by atoms with Crippen LogP contribution in [-0.2, 0) is 0 Å². The lowest BCUT2D eigenvalue weighted by molar-refractivity contribution is -0.384. The molecule has 5 nitrogen and oxygen atoms in total. The Balaban J connectivity index is 1.64. The normalized spacial score (nSPS) is 16.8. The number of benzene rings is 2. The van der Waals surface area contributed by atoms with Crippen molar-refractivity contribution in [2.45, 2.75) is 13.0 Å². The average molecular weight is 329 g/mol. The Hall–Kier alpha value is -2.47. The maximum absolute atomic E-state index is 13.1. The maximum Gasteiger partial charge on any atom is 0.271 e. The van der Waals surface area contributed by atoms with Gasteiger partial charge in [-0.2, -0.15) is 0 Å². The fourth-order valence-corrected chi connectivity index (χ4v) is 3.12. The molecule has 1 aliphatic rings. The first kappa shape index (κ1) is 16.4. The van der Waals surface area contributed by atoms with Crippen molar-refractivity contribution in [3.63, 3.8) is 0 Å². The number of halogens is 1. The fourth-order valence-electron chi connectivity index (χ4n) is 3.12. The van der Waals surface area contributed by atoms with E-state index in [4.69, 9.17) is 0 Å². The van der Waals surface area contributed by atoms with Crippen molar-refractivity contribution in [1.82, 2.24) is 4.90 Å². The molecule has 1 heterocycles. The summed E-state index contributed by atoms with van der Waals surface area (Å²) in [6.45, 7) is 5.47. The molecular formula is C18H20FN3O2. The SMILES string of the molecule is CC(c1ccc(F)cc1)N1CCN(c2cccc([N+](=O)[O-])c2)CC1. The topological polar surface area (TPSA) is 49.6 Å². The third kappa shape index (κ3) is 3.54. The summed E-state index contributed by atoms with van der Waals surface area (Å²) in [5, 5.41) is 10.9. The van der Waals surface area contributed by atoms with Gasteiger partial charge in [-0.05, 0) is 30.7 Å². The van der Waals surface area contributed by atoms with Crippen molar-refractivity contribution < 1.29 is 9.31 Å². The Morgan fingerprint density at radius 1 is 1.08 bits per heavy atom. The standard InChI is InChI=1S/C18H20FN3O2/c1-14(15-5-7-16(19)8-6-15)20-9-11-21(12-10-20)17-3-2-4-18(13-17)22(23)24/h2-8,13-14H,9-12H2,1H3. The zero-order valence-corrected chi connectivity index (χ0v) is 13.6. The highest BCUT2D eigenvalue weighted by Gasteiger charge is 2.23. The molecule has 0 amide bonds. The van der Waals surface area contributed by atoms with Crippen molar-refractivity contribution in [2.24, 2.45) is 0 Å². The number of hydrogen-bond acceptors (Lipinski definition) is 4. The number of hydrogen-bond donors (Lipinski definition) is 0. The minimum Gasteiger partial charge on any atom is -0.369 e. The molecular weight excluding hydrogens is 309 g/mol. The Bertz CT molecular complexity index is 712. The van der Waals surface area contributed by atoms with Gasteiger partial charge in [0.05, 0.1) is 4.92 Å². The molecule has 0 aromatic heterocycles. The predicted molar refractivity (Wildman–Crippen MR) is 91.7 cm³/mol. The molecule has 1 fully saturated rings. The highest BCUT2D eigenvalue weighted by Crippen LogP contribution is 2.26. The molecule has 3 rings (SSSR count). The quantitative estimate of drug-likeness (QED) is 0.635. The number of nitro benzene ring substituents is 1. The summed E-state index contributed by atoms with van der Waals surface area (Å²) in [6.07, 6.45) is 0. The van der Waals surface area contributed by atoms with Crippen LogP contribution in [0.1, 0.15) is 18.5 Å². The first-order chi connectivity index (χ1) is 11.5. The number of nitrogens with zero attached hydrogens (tertiary/aromatic N) is 3. The number of piperazine rings is 1. The zero-order valence-electron chi connectivity index (χ0n) is 13.6. The van der Waals surface area contributed by atoms with Crippen molar-refractivity contribution in [3.05, 3.63) is 70.0 Å². The summed E-state index contributed by atoms with van der Waals surface area (Å²) in [6, 6.07) is 13.6. The van der Waals surface area contributed by atoms with E-state index in [2.05, 4.69) is 16.7 Å². The molecule has 1 unspecified atom stereocenters. The molecule has 6 heteroatoms. The highest BCUT2D eigenvalue weighted by atomic mass is 19.1. The van der Waals surface area contributed by atoms with Crippen LogP contribution in [0.3, 0.4) is 0 Å². The summed E-state index contributed by atoms with van der Waals surface area (Å²) >= 11 is 0. The van der Waals surface area contributed by atoms with Crippen molar-refractivity contribution >= 4 is 11.4 Å². The molecule has 0 spiro atoms. The van der Waals surface area contributed by atoms with Crippen LogP contribution >= 0.6 is 0 Å². The Morgan fingerprint density at radius 2 is 1.75 bits per heavy atom. The van der Waals surface area contributed by atoms with Gasteiger partial charge in [-0.25, -0.2) is 4.39 Å². The van der Waals surface area contributed by atoms with Crippen LogP contribution in [0.25, 0.3) is 0 Å². The minimum absolute atomic E-state index is 0.120. The van der Waals surface area contributed by atoms with Crippen LogP contribution in [0.15, 0.2) is 48.5 Å². The summed E-state index contributed by atoms with van der Waals surface area (Å²) < 4.78 is 13.1. The molecule has 24 heavy (non-hydrogen) atoms. The van der Waals surface area contributed by atoms with E-state index in [1.165, 1.54) is 18.2 Å². The Kier molecular flexibility index (Phi) is 4.76. The van der Waals surface area contributed by atoms with E-state index >= 15 is 0 Å². The van der Waals surface area contributed by atoms with Crippen molar-refractivity contribution in [2.75, 3.05) is 31.1 Å². The molecule has 1 aliphatic heterocycles. The summed E-state index contributed by atoms with van der Waals surface area (Å²) in [5.74, 6) is -0.221. The smallest absolute Gasteiger partial charge is 0.271 e. The second-order valence-corrected chi connectivity index (χ2v) is 6.03. The Morgan fingerprint density at radius 3 is 2.38 bits per heavy atom. The molecule has 0 aliphatic carbocycles. The lowest BCUT2D eigenvalue weighted by Crippen LogP contribution is -2.47. The molecule has 0 saturated carbocycles. The third-order valence-corrected chi connectivity index (χ3v) is 4.62. The minimum atomic E-state index is -0.365. The van der Waals surface area contributed by atoms with Gasteiger partial charge in [-0.3, -0.25) is 15.0 Å². The van der Waals surface area contributed by atoms with E-state index in [1.807, 2.05) is 18.2 Å². The Labute approximate surface area is 140 Å². The predicted octanol–water partition coefficient (Wildman–Crippen LogP) is 3.62. The van der Waals surface area contributed by atoms with E-state index < -0.39 is 0 Å². The average Bonchev–Trinajstić information content (AvgIpc) is 2.62. The summed E-state index contributed by atoms with van der Waals surface area (Å²) in [5.41, 5.74) is 2.10. The van der Waals surface area contributed by atoms with Crippen LogP contribution in [-0.4, -0.2) is 36.0 Å². The van der Waals surface area contributed by atoms with Crippen LogP contribution in [0.4, 0.5) is 15.8 Å². The van der Waals surface area contributed by atoms with Gasteiger partial charge in [0.15, 0.2) is 0 Å². The summed E-state index contributed by atoms with van der Waals surface area (Å²) in [4.78, 5) is 15.1. The van der Waals surface area contributed by atoms with E-state index in [-0.39, 0.29) is 22.5 Å². The van der Waals surface area contributed by atoms with Gasteiger partial charge in [0.25, 0.3) is 5.69 Å². The van der Waals surface area contributed by atoms with Crippen LogP contribution < -0.4 is 4.90 Å². The first-order valence-electron chi connectivity index (χ1n) is 8.03. The second kappa shape index (κ2) is 6.97. The highest BCUT2D eigenvalue weighted by molar-refractivity contribution is 5.53.